The van der Waals surface area contributed by atoms with Crippen LogP contribution in [0.4, 0.5) is 0 Å². The van der Waals surface area contributed by atoms with Crippen molar-refractivity contribution >= 4 is 11.8 Å². The first-order valence-corrected chi connectivity index (χ1v) is 10.9. The zero-order valence-corrected chi connectivity index (χ0v) is 18.4. The van der Waals surface area contributed by atoms with Crippen molar-refractivity contribution in [3.05, 3.63) is 54.0 Å². The Hall–Kier alpha value is -2.80. The second-order valence-electron chi connectivity index (χ2n) is 7.83. The van der Waals surface area contributed by atoms with Gasteiger partial charge in [0.15, 0.2) is 0 Å². The van der Waals surface area contributed by atoms with Crippen molar-refractivity contribution in [3.8, 4) is 5.75 Å². The number of amides is 2. The van der Waals surface area contributed by atoms with Gasteiger partial charge in [0.25, 0.3) is 0 Å². The molecule has 31 heavy (non-hydrogen) atoms. The smallest absolute Gasteiger partial charge is 0.242 e. The van der Waals surface area contributed by atoms with Crippen LogP contribution in [0.1, 0.15) is 37.5 Å². The maximum Gasteiger partial charge on any atom is 0.242 e. The normalized spacial score (nSPS) is 15.6. The number of ether oxygens (including phenoxy) is 2. The number of carbonyl (C=O) groups is 2. The molecule has 0 aliphatic carbocycles. The Morgan fingerprint density at radius 2 is 1.94 bits per heavy atom. The highest BCUT2D eigenvalue weighted by molar-refractivity contribution is 5.86. The molecule has 0 unspecified atom stereocenters. The minimum atomic E-state index is -0.0940. The van der Waals surface area contributed by atoms with E-state index in [0.29, 0.717) is 19.6 Å². The molecule has 0 saturated carbocycles. The number of rotatable bonds is 11. The van der Waals surface area contributed by atoms with E-state index in [9.17, 15) is 9.59 Å². The molecule has 1 aromatic heterocycles. The Bertz CT molecular complexity index is 813. The Kier molecular flexibility index (Phi) is 8.53. The fourth-order valence-electron chi connectivity index (χ4n) is 3.73. The summed E-state index contributed by atoms with van der Waals surface area (Å²) in [6.07, 6.45) is 4.62. The van der Waals surface area contributed by atoms with E-state index in [1.807, 2.05) is 43.3 Å². The molecule has 1 aromatic carbocycles. The van der Waals surface area contributed by atoms with Gasteiger partial charge in [0.2, 0.25) is 11.8 Å². The quantitative estimate of drug-likeness (QED) is 0.549. The van der Waals surface area contributed by atoms with E-state index in [1.54, 1.807) is 23.2 Å². The summed E-state index contributed by atoms with van der Waals surface area (Å²) < 4.78 is 16.4. The number of hydrogen-bond donors (Lipinski definition) is 0. The minimum absolute atomic E-state index is 0.0357. The first kappa shape index (κ1) is 22.9. The summed E-state index contributed by atoms with van der Waals surface area (Å²) >= 11 is 0. The highest BCUT2D eigenvalue weighted by Crippen LogP contribution is 2.17. The van der Waals surface area contributed by atoms with Gasteiger partial charge in [-0.2, -0.15) is 0 Å². The van der Waals surface area contributed by atoms with Gasteiger partial charge < -0.3 is 23.7 Å². The average molecular weight is 429 g/mol. The van der Waals surface area contributed by atoms with Crippen molar-refractivity contribution in [1.29, 1.82) is 0 Å². The average Bonchev–Trinajstić information content (AvgIpc) is 3.48. The zero-order valence-electron chi connectivity index (χ0n) is 18.4. The standard InChI is InChI=1S/C24H32N2O5/c1-3-12-25(23(27)15-19-8-10-20(29-2)11-9-19)18-24(28)26(16-21-6-4-13-30-21)17-22-7-5-14-31-22/h4,6,8-11,13,22H,3,5,7,12,14-18H2,1-2H3/t22-/m0/s1. The van der Waals surface area contributed by atoms with Gasteiger partial charge in [0.05, 0.1) is 39.0 Å². The molecule has 0 bridgehead atoms. The number of furan rings is 1. The zero-order chi connectivity index (χ0) is 22.1. The van der Waals surface area contributed by atoms with Gasteiger partial charge in [-0.15, -0.1) is 0 Å². The van der Waals surface area contributed by atoms with Crippen LogP contribution in [-0.2, 0) is 27.3 Å². The van der Waals surface area contributed by atoms with Gasteiger partial charge in [-0.3, -0.25) is 9.59 Å². The maximum atomic E-state index is 13.2. The number of carbonyl (C=O) groups excluding carboxylic acids is 2. The van der Waals surface area contributed by atoms with Crippen molar-refractivity contribution in [2.24, 2.45) is 0 Å². The maximum absolute atomic E-state index is 13.2. The molecule has 0 N–H and O–H groups in total. The van der Waals surface area contributed by atoms with Crippen LogP contribution >= 0.6 is 0 Å². The first-order chi connectivity index (χ1) is 15.1. The Balaban J connectivity index is 1.65. The van der Waals surface area contributed by atoms with Crippen molar-refractivity contribution in [1.82, 2.24) is 9.80 Å². The van der Waals surface area contributed by atoms with Crippen LogP contribution in [0.5, 0.6) is 5.75 Å². The van der Waals surface area contributed by atoms with E-state index in [-0.39, 0.29) is 30.9 Å². The van der Waals surface area contributed by atoms with Crippen LogP contribution in [-0.4, -0.2) is 61.1 Å². The lowest BCUT2D eigenvalue weighted by molar-refractivity contribution is -0.141. The van der Waals surface area contributed by atoms with Gasteiger partial charge in [-0.1, -0.05) is 19.1 Å². The molecule has 1 atom stereocenters. The molecular weight excluding hydrogens is 396 g/mol. The van der Waals surface area contributed by atoms with Crippen LogP contribution in [0.3, 0.4) is 0 Å². The molecule has 1 fully saturated rings. The Labute approximate surface area is 183 Å². The summed E-state index contributed by atoms with van der Waals surface area (Å²) in [4.78, 5) is 29.6. The number of nitrogens with zero attached hydrogens (tertiary/aromatic N) is 2. The number of methoxy groups -OCH3 is 1. The molecular formula is C24H32N2O5. The Morgan fingerprint density at radius 3 is 2.55 bits per heavy atom. The predicted molar refractivity (Wildman–Crippen MR) is 117 cm³/mol. The predicted octanol–water partition coefficient (Wildman–Crippen LogP) is 3.28. The fourth-order valence-corrected chi connectivity index (χ4v) is 3.73. The molecule has 7 heteroatoms. The lowest BCUT2D eigenvalue weighted by atomic mass is 10.1. The van der Waals surface area contributed by atoms with Crippen LogP contribution < -0.4 is 4.74 Å². The van der Waals surface area contributed by atoms with E-state index in [0.717, 1.165) is 42.9 Å². The second kappa shape index (κ2) is 11.6. The molecule has 1 aliphatic rings. The third-order valence-electron chi connectivity index (χ3n) is 5.41. The van der Waals surface area contributed by atoms with Gasteiger partial charge in [0, 0.05) is 19.7 Å². The minimum Gasteiger partial charge on any atom is -0.497 e. The second-order valence-corrected chi connectivity index (χ2v) is 7.83. The van der Waals surface area contributed by atoms with Crippen molar-refractivity contribution in [2.45, 2.75) is 45.3 Å². The third kappa shape index (κ3) is 6.85. The van der Waals surface area contributed by atoms with Gasteiger partial charge in [-0.05, 0) is 49.1 Å². The molecule has 7 nitrogen and oxygen atoms in total. The first-order valence-electron chi connectivity index (χ1n) is 10.9. The number of hydrogen-bond acceptors (Lipinski definition) is 5. The summed E-state index contributed by atoms with van der Waals surface area (Å²) in [6, 6.07) is 11.1. The molecule has 2 amide bonds. The van der Waals surface area contributed by atoms with E-state index >= 15 is 0 Å². The van der Waals surface area contributed by atoms with E-state index in [4.69, 9.17) is 13.9 Å². The summed E-state index contributed by atoms with van der Waals surface area (Å²) in [7, 11) is 1.61. The van der Waals surface area contributed by atoms with Gasteiger partial charge >= 0.3 is 0 Å². The van der Waals surface area contributed by atoms with Crippen LogP contribution in [0.15, 0.2) is 47.1 Å². The summed E-state index contributed by atoms with van der Waals surface area (Å²) in [6.45, 7) is 4.21. The molecule has 2 aromatic rings. The van der Waals surface area contributed by atoms with Crippen molar-refractivity contribution in [2.75, 3.05) is 33.4 Å². The van der Waals surface area contributed by atoms with Crippen molar-refractivity contribution in [3.63, 3.8) is 0 Å². The molecule has 0 spiro atoms. The van der Waals surface area contributed by atoms with Gasteiger partial charge in [-0.25, -0.2) is 0 Å². The molecule has 1 aliphatic heterocycles. The molecule has 168 valence electrons. The van der Waals surface area contributed by atoms with Gasteiger partial charge in [0.1, 0.15) is 11.5 Å². The lowest BCUT2D eigenvalue weighted by Crippen LogP contribution is -2.45. The summed E-state index contributed by atoms with van der Waals surface area (Å²) in [5, 5.41) is 0. The van der Waals surface area contributed by atoms with E-state index in [1.165, 1.54) is 0 Å². The Morgan fingerprint density at radius 1 is 1.13 bits per heavy atom. The fraction of sp³-hybridized carbons (Fsp3) is 0.500. The summed E-state index contributed by atoms with van der Waals surface area (Å²) in [5.41, 5.74) is 0.895. The topological polar surface area (TPSA) is 72.2 Å². The lowest BCUT2D eigenvalue weighted by Gasteiger charge is -2.28. The molecule has 3 rings (SSSR count). The van der Waals surface area contributed by atoms with Crippen molar-refractivity contribution < 1.29 is 23.5 Å². The monoisotopic (exact) mass is 428 g/mol. The largest absolute Gasteiger partial charge is 0.497 e. The molecule has 1 saturated heterocycles. The SMILES string of the molecule is CCCN(CC(=O)N(Cc1ccco1)C[C@@H]1CCCO1)C(=O)Cc1ccc(OC)cc1. The van der Waals surface area contributed by atoms with E-state index in [2.05, 4.69) is 0 Å². The van der Waals surface area contributed by atoms with Crippen LogP contribution in [0, 0.1) is 0 Å². The highest BCUT2D eigenvalue weighted by Gasteiger charge is 2.26. The number of benzene rings is 1. The van der Waals surface area contributed by atoms with Crippen LogP contribution in [0.25, 0.3) is 0 Å². The molecule has 0 radical (unpaired) electrons. The molecule has 2 heterocycles. The third-order valence-corrected chi connectivity index (χ3v) is 5.41. The highest BCUT2D eigenvalue weighted by atomic mass is 16.5. The van der Waals surface area contributed by atoms with E-state index < -0.39 is 0 Å². The van der Waals surface area contributed by atoms with Crippen LogP contribution in [0.2, 0.25) is 0 Å². The summed E-state index contributed by atoms with van der Waals surface area (Å²) in [5.74, 6) is 1.32.